The van der Waals surface area contributed by atoms with E-state index in [0.29, 0.717) is 0 Å². The highest BCUT2D eigenvalue weighted by Gasteiger charge is 2.49. The minimum atomic E-state index is -1.79. The highest BCUT2D eigenvalue weighted by atomic mass is 32.1. The molecule has 1 fully saturated rings. The van der Waals surface area contributed by atoms with Crippen LogP contribution >= 0.6 is 12.2 Å². The molecule has 2 aromatic carbocycles. The predicted molar refractivity (Wildman–Crippen MR) is 153 cm³/mol. The number of carbonyl (C=O) groups excluding carboxylic acids is 2. The summed E-state index contributed by atoms with van der Waals surface area (Å²) in [5.41, 5.74) is 11.5. The van der Waals surface area contributed by atoms with E-state index >= 15 is 0 Å². The fraction of sp³-hybridized carbons (Fsp3) is 0.429. The number of aliphatic hydroxyl groups is 2. The molecule has 224 valence electrons. The van der Waals surface area contributed by atoms with E-state index in [-0.39, 0.29) is 58.1 Å². The Labute approximate surface area is 246 Å². The van der Waals surface area contributed by atoms with Gasteiger partial charge in [-0.05, 0) is 32.1 Å². The quantitative estimate of drug-likeness (QED) is 0.0927. The summed E-state index contributed by atoms with van der Waals surface area (Å²) >= 11 is 4.81. The number of phenolic OH excluding ortho intramolecular Hbond substituents is 2. The number of benzene rings is 2. The number of carbonyl (C=O) groups is 2. The van der Waals surface area contributed by atoms with Gasteiger partial charge in [0.25, 0.3) is 0 Å². The molecule has 6 atom stereocenters. The van der Waals surface area contributed by atoms with E-state index in [1.807, 2.05) is 0 Å². The van der Waals surface area contributed by atoms with E-state index < -0.39 is 70.4 Å². The summed E-state index contributed by atoms with van der Waals surface area (Å²) in [4.78, 5) is 27.4. The molecule has 0 saturated carbocycles. The van der Waals surface area contributed by atoms with Gasteiger partial charge in [-0.1, -0.05) is 12.1 Å². The van der Waals surface area contributed by atoms with Crippen LogP contribution in [0.2, 0.25) is 0 Å². The highest BCUT2D eigenvalue weighted by molar-refractivity contribution is 7.80. The SMILES string of the molecule is COc1cccc2c1C(=O)c1c(O)c3c(c(O)c1C2=O)CC(O)(C(C)=NNC(N)=S)CC3OC1CC(N)C(O)C(C)O1. The smallest absolute Gasteiger partial charge is 0.202 e. The number of hydrogen-bond acceptors (Lipinski definition) is 12. The van der Waals surface area contributed by atoms with Crippen LogP contribution in [0.1, 0.15) is 75.8 Å². The number of rotatable bonds is 5. The lowest BCUT2D eigenvalue weighted by Gasteiger charge is -2.42. The number of fused-ring (bicyclic) bond motifs is 3. The van der Waals surface area contributed by atoms with Gasteiger partial charge in [-0.3, -0.25) is 15.0 Å². The van der Waals surface area contributed by atoms with E-state index in [4.69, 9.17) is 37.9 Å². The Kier molecular flexibility index (Phi) is 7.72. The maximum Gasteiger partial charge on any atom is 0.202 e. The molecule has 0 radical (unpaired) electrons. The van der Waals surface area contributed by atoms with E-state index in [9.17, 15) is 30.0 Å². The minimum absolute atomic E-state index is 0.00137. The first-order chi connectivity index (χ1) is 19.8. The summed E-state index contributed by atoms with van der Waals surface area (Å²) in [6, 6.07) is 3.79. The maximum atomic E-state index is 13.8. The maximum absolute atomic E-state index is 13.8. The second kappa shape index (κ2) is 10.9. The van der Waals surface area contributed by atoms with Crippen LogP contribution in [-0.2, 0) is 15.9 Å². The zero-order valence-electron chi connectivity index (χ0n) is 23.1. The number of aliphatic hydroxyl groups excluding tert-OH is 1. The van der Waals surface area contributed by atoms with Crippen LogP contribution in [0.15, 0.2) is 23.3 Å². The first-order valence-electron chi connectivity index (χ1n) is 13.2. The summed E-state index contributed by atoms with van der Waals surface area (Å²) < 4.78 is 17.3. The number of nitrogens with zero attached hydrogens (tertiary/aromatic N) is 1. The standard InChI is InChI=1S/C28H32N4O9S/c1-10-22(33)14(29)7-17(40-10)41-16-9-28(38,11(2)31-32-27(30)42)8-13-19(16)26(37)21-20(24(13)35)23(34)12-5-4-6-15(39-3)18(12)25(21)36/h4-6,10,14,16-17,22,33,35,37-38H,7-9,29H2,1-3H3,(H3,30,32,42). The molecule has 1 heterocycles. The Hall–Kier alpha value is -3.66. The molecular formula is C28H32N4O9S. The number of thiocarbonyl (C=S) groups is 1. The summed E-state index contributed by atoms with van der Waals surface area (Å²) in [6.45, 7) is 3.13. The van der Waals surface area contributed by atoms with E-state index in [2.05, 4.69) is 10.5 Å². The van der Waals surface area contributed by atoms with Crippen molar-refractivity contribution >= 4 is 34.6 Å². The molecule has 3 aliphatic rings. The molecule has 0 amide bonds. The number of methoxy groups -OCH3 is 1. The summed E-state index contributed by atoms with van der Waals surface area (Å²) in [6.07, 6.45) is -4.25. The molecule has 1 saturated heterocycles. The fourth-order valence-corrected chi connectivity index (χ4v) is 5.95. The van der Waals surface area contributed by atoms with Crippen molar-refractivity contribution < 1.29 is 44.2 Å². The number of hydrogen-bond donors (Lipinski definition) is 7. The van der Waals surface area contributed by atoms with Crippen molar-refractivity contribution in [1.82, 2.24) is 5.43 Å². The number of ether oxygens (including phenoxy) is 3. The molecule has 5 rings (SSSR count). The first kappa shape index (κ1) is 29.8. The van der Waals surface area contributed by atoms with Crippen molar-refractivity contribution in [3.8, 4) is 17.2 Å². The van der Waals surface area contributed by atoms with Crippen LogP contribution in [0, 0.1) is 0 Å². The third-order valence-electron chi connectivity index (χ3n) is 8.15. The lowest BCUT2D eigenvalue weighted by molar-refractivity contribution is -0.245. The molecule has 0 bridgehead atoms. The Morgan fingerprint density at radius 2 is 1.88 bits per heavy atom. The van der Waals surface area contributed by atoms with Crippen molar-refractivity contribution in [3.63, 3.8) is 0 Å². The second-order valence-corrected chi connectivity index (χ2v) is 11.2. The van der Waals surface area contributed by atoms with Crippen LogP contribution in [0.4, 0.5) is 0 Å². The summed E-state index contributed by atoms with van der Waals surface area (Å²) in [5, 5.41) is 49.2. The van der Waals surface area contributed by atoms with Gasteiger partial charge < -0.3 is 46.1 Å². The third-order valence-corrected chi connectivity index (χ3v) is 8.24. The third kappa shape index (κ3) is 4.79. The van der Waals surface area contributed by atoms with E-state index in [1.165, 1.54) is 32.2 Å². The Bertz CT molecular complexity index is 1520. The topological polar surface area (TPSA) is 219 Å². The van der Waals surface area contributed by atoms with Gasteiger partial charge in [-0.15, -0.1) is 0 Å². The average molecular weight is 601 g/mol. The van der Waals surface area contributed by atoms with Gasteiger partial charge in [0.1, 0.15) is 22.8 Å². The summed E-state index contributed by atoms with van der Waals surface area (Å²) in [7, 11) is 1.35. The van der Waals surface area contributed by atoms with Crippen LogP contribution in [0.25, 0.3) is 0 Å². The first-order valence-corrected chi connectivity index (χ1v) is 13.6. The second-order valence-electron chi connectivity index (χ2n) is 10.8. The van der Waals surface area contributed by atoms with Gasteiger partial charge >= 0.3 is 0 Å². The number of ketones is 2. The Morgan fingerprint density at radius 3 is 2.52 bits per heavy atom. The summed E-state index contributed by atoms with van der Waals surface area (Å²) in [5.74, 6) is -2.46. The zero-order chi connectivity index (χ0) is 30.7. The van der Waals surface area contributed by atoms with Crippen molar-refractivity contribution in [2.24, 2.45) is 16.6 Å². The molecular weight excluding hydrogens is 568 g/mol. The Balaban J connectivity index is 1.68. The monoisotopic (exact) mass is 600 g/mol. The number of nitrogens with two attached hydrogens (primary N) is 2. The zero-order valence-corrected chi connectivity index (χ0v) is 23.9. The Morgan fingerprint density at radius 1 is 1.19 bits per heavy atom. The van der Waals surface area contributed by atoms with Crippen LogP contribution in [-0.4, -0.2) is 80.1 Å². The molecule has 0 spiro atoms. The lowest BCUT2D eigenvalue weighted by Crippen LogP contribution is -2.52. The predicted octanol–water partition coefficient (Wildman–Crippen LogP) is 0.649. The van der Waals surface area contributed by atoms with Crippen molar-refractivity contribution in [1.29, 1.82) is 0 Å². The molecule has 1 aliphatic heterocycles. The molecule has 6 unspecified atom stereocenters. The van der Waals surface area contributed by atoms with Gasteiger partial charge in [0.2, 0.25) is 5.78 Å². The van der Waals surface area contributed by atoms with Crippen molar-refractivity contribution in [2.75, 3.05) is 7.11 Å². The largest absolute Gasteiger partial charge is 0.507 e. The number of hydrazone groups is 1. The van der Waals surface area contributed by atoms with Gasteiger partial charge in [0, 0.05) is 42.0 Å². The highest BCUT2D eigenvalue weighted by Crippen LogP contribution is 2.52. The van der Waals surface area contributed by atoms with E-state index in [0.717, 1.165) is 0 Å². The van der Waals surface area contributed by atoms with Crippen molar-refractivity contribution in [3.05, 3.63) is 51.6 Å². The van der Waals surface area contributed by atoms with Crippen molar-refractivity contribution in [2.45, 2.75) is 69.4 Å². The molecule has 9 N–H and O–H groups in total. The average Bonchev–Trinajstić information content (AvgIpc) is 2.94. The van der Waals surface area contributed by atoms with Crippen LogP contribution in [0.3, 0.4) is 0 Å². The van der Waals surface area contributed by atoms with Gasteiger partial charge in [-0.2, -0.15) is 5.10 Å². The normalized spacial score (nSPS) is 28.9. The molecule has 13 nitrogen and oxygen atoms in total. The van der Waals surface area contributed by atoms with Gasteiger partial charge in [-0.25, -0.2) is 0 Å². The van der Waals surface area contributed by atoms with E-state index in [1.54, 1.807) is 6.92 Å². The fourth-order valence-electron chi connectivity index (χ4n) is 5.91. The molecule has 14 heteroatoms. The molecule has 2 aromatic rings. The lowest BCUT2D eigenvalue weighted by atomic mass is 9.72. The number of aromatic hydroxyl groups is 2. The van der Waals surface area contributed by atoms with Gasteiger partial charge in [0.05, 0.1) is 47.8 Å². The molecule has 0 aromatic heterocycles. The molecule has 2 aliphatic carbocycles. The minimum Gasteiger partial charge on any atom is -0.507 e. The number of phenols is 2. The van der Waals surface area contributed by atoms with Crippen LogP contribution < -0.4 is 21.6 Å². The molecule has 42 heavy (non-hydrogen) atoms. The van der Waals surface area contributed by atoms with Crippen LogP contribution in [0.5, 0.6) is 17.2 Å². The van der Waals surface area contributed by atoms with Gasteiger partial charge in [0.15, 0.2) is 17.2 Å². The number of nitrogens with one attached hydrogen (secondary N) is 1.